The van der Waals surface area contributed by atoms with Gasteiger partial charge in [-0.15, -0.1) is 0 Å². The highest BCUT2D eigenvalue weighted by molar-refractivity contribution is 5.95. The third kappa shape index (κ3) is 4.93. The Labute approximate surface area is 135 Å². The number of oxime groups is 1. The van der Waals surface area contributed by atoms with Crippen molar-refractivity contribution in [2.75, 3.05) is 13.7 Å². The Morgan fingerprint density at radius 2 is 1.91 bits per heavy atom. The number of aliphatic hydroxyl groups excluding tert-OH is 1. The fourth-order valence-corrected chi connectivity index (χ4v) is 2.21. The molecule has 5 nitrogen and oxygen atoms in total. The van der Waals surface area contributed by atoms with E-state index in [0.29, 0.717) is 12.0 Å². The highest BCUT2D eigenvalue weighted by Crippen LogP contribution is 2.17. The van der Waals surface area contributed by atoms with Crippen molar-refractivity contribution in [1.29, 1.82) is 0 Å². The smallest absolute Gasteiger partial charge is 0.251 e. The quantitative estimate of drug-likeness (QED) is 0.609. The van der Waals surface area contributed by atoms with Crippen molar-refractivity contribution < 1.29 is 14.7 Å². The number of hydrogen-bond donors (Lipinski definition) is 2. The number of rotatable bonds is 7. The molecular weight excluding hydrogens is 292 g/mol. The number of amides is 1. The molecule has 2 N–H and O–H groups in total. The maximum absolute atomic E-state index is 12.4. The number of nitrogens with one attached hydrogen (secondary N) is 1. The lowest BCUT2D eigenvalue weighted by Crippen LogP contribution is -2.29. The summed E-state index contributed by atoms with van der Waals surface area (Å²) in [6.07, 6.45) is 2.04. The van der Waals surface area contributed by atoms with Gasteiger partial charge in [-0.05, 0) is 29.7 Å². The highest BCUT2D eigenvalue weighted by atomic mass is 16.6. The van der Waals surface area contributed by atoms with Crippen LogP contribution in [0.1, 0.15) is 33.9 Å². The van der Waals surface area contributed by atoms with Gasteiger partial charge in [0.25, 0.3) is 5.91 Å². The van der Waals surface area contributed by atoms with E-state index in [4.69, 9.17) is 0 Å². The lowest BCUT2D eigenvalue weighted by atomic mass is 10.0. The van der Waals surface area contributed by atoms with Gasteiger partial charge in [0.2, 0.25) is 0 Å². The van der Waals surface area contributed by atoms with Gasteiger partial charge in [-0.2, -0.15) is 0 Å². The van der Waals surface area contributed by atoms with Crippen LogP contribution in [-0.2, 0) is 4.84 Å². The van der Waals surface area contributed by atoms with Crippen molar-refractivity contribution in [1.82, 2.24) is 5.32 Å². The molecule has 0 radical (unpaired) electrons. The van der Waals surface area contributed by atoms with Crippen molar-refractivity contribution in [3.05, 3.63) is 71.3 Å². The maximum atomic E-state index is 12.4. The monoisotopic (exact) mass is 312 g/mol. The summed E-state index contributed by atoms with van der Waals surface area (Å²) in [4.78, 5) is 17.0. The standard InChI is InChI=1S/C18H20N2O3/c1-23-19-13-14-7-9-16(10-8-14)18(22)20-17(11-12-21)15-5-3-2-4-6-15/h2-10,13,17,21H,11-12H2,1H3,(H,20,22)/b19-13+. The van der Waals surface area contributed by atoms with Gasteiger partial charge in [0.15, 0.2) is 0 Å². The molecule has 0 saturated carbocycles. The van der Waals surface area contributed by atoms with Crippen molar-refractivity contribution in [3.8, 4) is 0 Å². The lowest BCUT2D eigenvalue weighted by Gasteiger charge is -2.18. The summed E-state index contributed by atoms with van der Waals surface area (Å²) in [5, 5.41) is 15.9. The molecule has 2 rings (SSSR count). The number of hydrogen-bond acceptors (Lipinski definition) is 4. The summed E-state index contributed by atoms with van der Waals surface area (Å²) >= 11 is 0. The molecule has 0 aliphatic rings. The fourth-order valence-electron chi connectivity index (χ4n) is 2.21. The number of aliphatic hydroxyl groups is 1. The predicted molar refractivity (Wildman–Crippen MR) is 89.4 cm³/mol. The van der Waals surface area contributed by atoms with Crippen LogP contribution in [0.25, 0.3) is 0 Å². The van der Waals surface area contributed by atoms with Gasteiger partial charge in [-0.1, -0.05) is 47.6 Å². The van der Waals surface area contributed by atoms with E-state index in [1.807, 2.05) is 30.3 Å². The van der Waals surface area contributed by atoms with E-state index in [1.54, 1.807) is 30.5 Å². The van der Waals surface area contributed by atoms with Crippen LogP contribution in [0.2, 0.25) is 0 Å². The first-order valence-corrected chi connectivity index (χ1v) is 7.38. The zero-order valence-electron chi connectivity index (χ0n) is 13.0. The highest BCUT2D eigenvalue weighted by Gasteiger charge is 2.15. The third-order valence-electron chi connectivity index (χ3n) is 3.41. The van der Waals surface area contributed by atoms with Gasteiger partial charge >= 0.3 is 0 Å². The minimum atomic E-state index is -0.219. The summed E-state index contributed by atoms with van der Waals surface area (Å²) in [6.45, 7) is 0.00621. The Morgan fingerprint density at radius 3 is 2.52 bits per heavy atom. The van der Waals surface area contributed by atoms with E-state index in [-0.39, 0.29) is 18.6 Å². The molecule has 0 fully saturated rings. The lowest BCUT2D eigenvalue weighted by molar-refractivity contribution is 0.0930. The van der Waals surface area contributed by atoms with Crippen LogP contribution in [-0.4, -0.2) is 30.9 Å². The Balaban J connectivity index is 2.08. The molecule has 0 saturated heterocycles. The van der Waals surface area contributed by atoms with E-state index in [9.17, 15) is 9.90 Å². The second-order valence-electron chi connectivity index (χ2n) is 4.99. The van der Waals surface area contributed by atoms with Crippen molar-refractivity contribution >= 4 is 12.1 Å². The van der Waals surface area contributed by atoms with Crippen molar-refractivity contribution in [3.63, 3.8) is 0 Å². The summed E-state index contributed by atoms with van der Waals surface area (Å²) in [5.41, 5.74) is 2.37. The van der Waals surface area contributed by atoms with Crippen molar-refractivity contribution in [2.45, 2.75) is 12.5 Å². The van der Waals surface area contributed by atoms with E-state index >= 15 is 0 Å². The van der Waals surface area contributed by atoms with Crippen LogP contribution in [0.15, 0.2) is 59.8 Å². The van der Waals surface area contributed by atoms with Crippen molar-refractivity contribution in [2.24, 2.45) is 5.16 Å². The molecule has 5 heteroatoms. The number of nitrogens with zero attached hydrogens (tertiary/aromatic N) is 1. The molecule has 23 heavy (non-hydrogen) atoms. The van der Waals surface area contributed by atoms with E-state index in [2.05, 4.69) is 15.3 Å². The topological polar surface area (TPSA) is 70.9 Å². The summed E-state index contributed by atoms with van der Waals surface area (Å²) in [6, 6.07) is 16.4. The first-order valence-electron chi connectivity index (χ1n) is 7.38. The van der Waals surface area contributed by atoms with Gasteiger partial charge in [0.1, 0.15) is 7.11 Å². The molecular formula is C18H20N2O3. The Kier molecular flexibility index (Phi) is 6.32. The SMILES string of the molecule is CO/N=C/c1ccc(C(=O)NC(CCO)c2ccccc2)cc1. The predicted octanol–water partition coefficient (Wildman–Crippen LogP) is 2.52. The average Bonchev–Trinajstić information content (AvgIpc) is 2.60. The minimum Gasteiger partial charge on any atom is -0.399 e. The second kappa shape index (κ2) is 8.70. The molecule has 0 spiro atoms. The third-order valence-corrected chi connectivity index (χ3v) is 3.41. The van der Waals surface area contributed by atoms with Crippen LogP contribution in [0.5, 0.6) is 0 Å². The number of carbonyl (C=O) groups is 1. The zero-order valence-corrected chi connectivity index (χ0v) is 13.0. The van der Waals surface area contributed by atoms with Gasteiger partial charge < -0.3 is 15.3 Å². The van der Waals surface area contributed by atoms with Crippen LogP contribution in [0.3, 0.4) is 0 Å². The molecule has 0 aliphatic carbocycles. The maximum Gasteiger partial charge on any atom is 0.251 e. The van der Waals surface area contributed by atoms with Crippen LogP contribution in [0, 0.1) is 0 Å². The summed E-state index contributed by atoms with van der Waals surface area (Å²) in [5.74, 6) is -0.178. The molecule has 0 heterocycles. The average molecular weight is 312 g/mol. The summed E-state index contributed by atoms with van der Waals surface area (Å²) in [7, 11) is 1.48. The minimum absolute atomic E-state index is 0.00621. The zero-order chi connectivity index (χ0) is 16.5. The first kappa shape index (κ1) is 16.7. The Bertz CT molecular complexity index is 639. The molecule has 1 atom stereocenters. The molecule has 1 unspecified atom stereocenters. The van der Waals surface area contributed by atoms with Crippen LogP contribution < -0.4 is 5.32 Å². The Hall–Kier alpha value is -2.66. The van der Waals surface area contributed by atoms with Crippen LogP contribution in [0.4, 0.5) is 0 Å². The van der Waals surface area contributed by atoms with Crippen LogP contribution >= 0.6 is 0 Å². The summed E-state index contributed by atoms with van der Waals surface area (Å²) < 4.78 is 0. The molecule has 120 valence electrons. The fraction of sp³-hybridized carbons (Fsp3) is 0.222. The van der Waals surface area contributed by atoms with Gasteiger partial charge in [-0.3, -0.25) is 4.79 Å². The van der Waals surface area contributed by atoms with E-state index in [1.165, 1.54) is 7.11 Å². The van der Waals surface area contributed by atoms with Gasteiger partial charge in [0, 0.05) is 12.2 Å². The molecule has 0 aliphatic heterocycles. The Morgan fingerprint density at radius 1 is 1.22 bits per heavy atom. The van der Waals surface area contributed by atoms with E-state index < -0.39 is 0 Å². The molecule has 1 amide bonds. The largest absolute Gasteiger partial charge is 0.399 e. The second-order valence-corrected chi connectivity index (χ2v) is 4.99. The molecule has 0 bridgehead atoms. The normalized spacial score (nSPS) is 12.1. The molecule has 2 aromatic rings. The van der Waals surface area contributed by atoms with Gasteiger partial charge in [0.05, 0.1) is 12.3 Å². The molecule has 0 aromatic heterocycles. The number of benzene rings is 2. The molecule has 2 aromatic carbocycles. The number of carbonyl (C=O) groups excluding carboxylic acids is 1. The van der Waals surface area contributed by atoms with Gasteiger partial charge in [-0.25, -0.2) is 0 Å². The first-order chi connectivity index (χ1) is 11.2. The van der Waals surface area contributed by atoms with E-state index in [0.717, 1.165) is 11.1 Å².